The van der Waals surface area contributed by atoms with Crippen LogP contribution in [0.15, 0.2) is 48.8 Å². The molecule has 0 saturated carbocycles. The van der Waals surface area contributed by atoms with Crippen molar-refractivity contribution < 1.29 is 52.8 Å². The van der Waals surface area contributed by atoms with E-state index in [9.17, 15) is 24.8 Å². The molecular weight excluding hydrogens is 666 g/mol. The number of hydrogen-bond acceptors (Lipinski definition) is 14. The number of carbonyl (C=O) groups excluding carboxylic acids is 2. The highest BCUT2D eigenvalue weighted by Crippen LogP contribution is 2.35. The van der Waals surface area contributed by atoms with Gasteiger partial charge in [-0.25, -0.2) is 19.6 Å². The summed E-state index contributed by atoms with van der Waals surface area (Å²) in [7, 11) is 4.39. The predicted octanol–water partition coefficient (Wildman–Crippen LogP) is 6.45. The molecule has 0 amide bonds. The van der Waals surface area contributed by atoms with Crippen molar-refractivity contribution in [2.24, 2.45) is 0 Å². The number of fused-ring (bicyclic) bond motifs is 1. The molecule has 264 valence electrons. The third-order valence-electron chi connectivity index (χ3n) is 6.14. The van der Waals surface area contributed by atoms with Gasteiger partial charge in [-0.3, -0.25) is 10.1 Å². The minimum absolute atomic E-state index is 0.000508. The Hall–Kier alpha value is -5.57. The number of aromatic hydroxyl groups is 1. The zero-order chi connectivity index (χ0) is 36.5. The van der Waals surface area contributed by atoms with Gasteiger partial charge in [-0.1, -0.05) is 11.6 Å². The highest BCUT2D eigenvalue weighted by atomic mass is 35.5. The standard InChI is InChI=1S/C12H15NO6.C11H11ClN2O2.C10H12O4/c1-4-18-11-7-9(13(15)16)8(6-10(11)17-3)12(14)19-5-2;1-3-16-10-5-8-7(4-9(10)15-2)11(12)14-6-13-8;1-3-14-10(12)7-4-5-8(11)9(6-7)13-2/h6-7H,4-5H2,1-3H3;4-6H,3H2,1-2H3;4-6,11H,3H2,1-2H3. The van der Waals surface area contributed by atoms with Gasteiger partial charge in [-0.15, -0.1) is 0 Å². The number of hydrogen-bond donors (Lipinski definition) is 1. The van der Waals surface area contributed by atoms with Crippen molar-refractivity contribution in [1.29, 1.82) is 0 Å². The third-order valence-corrected chi connectivity index (χ3v) is 6.44. The molecule has 1 N–H and O–H groups in total. The molecular formula is C33H38ClN3O12. The zero-order valence-corrected chi connectivity index (χ0v) is 28.9. The summed E-state index contributed by atoms with van der Waals surface area (Å²) in [5, 5.41) is 21.4. The Labute approximate surface area is 287 Å². The van der Waals surface area contributed by atoms with E-state index < -0.39 is 16.9 Å². The van der Waals surface area contributed by atoms with Gasteiger partial charge in [0.2, 0.25) is 0 Å². The van der Waals surface area contributed by atoms with E-state index in [0.717, 1.165) is 17.0 Å². The van der Waals surface area contributed by atoms with Gasteiger partial charge in [0.25, 0.3) is 5.69 Å². The highest BCUT2D eigenvalue weighted by molar-refractivity contribution is 6.34. The molecule has 4 rings (SSSR count). The van der Waals surface area contributed by atoms with E-state index in [1.165, 1.54) is 44.8 Å². The van der Waals surface area contributed by atoms with Crippen molar-refractivity contribution in [2.75, 3.05) is 47.8 Å². The number of rotatable bonds is 12. The summed E-state index contributed by atoms with van der Waals surface area (Å²) in [5.41, 5.74) is 0.570. The Balaban J connectivity index is 0.000000258. The van der Waals surface area contributed by atoms with Crippen LogP contribution < -0.4 is 23.7 Å². The number of nitrogens with zero attached hydrogens (tertiary/aromatic N) is 3. The summed E-state index contributed by atoms with van der Waals surface area (Å²) in [4.78, 5) is 41.3. The molecule has 0 aliphatic heterocycles. The average molecular weight is 704 g/mol. The molecule has 0 unspecified atom stereocenters. The molecule has 0 bridgehead atoms. The minimum Gasteiger partial charge on any atom is -0.504 e. The van der Waals surface area contributed by atoms with Crippen LogP contribution in [0.4, 0.5) is 5.69 Å². The molecule has 0 aliphatic rings. The van der Waals surface area contributed by atoms with Gasteiger partial charge < -0.3 is 38.3 Å². The number of aromatic nitrogens is 2. The maximum atomic E-state index is 11.7. The molecule has 0 aliphatic carbocycles. The lowest BCUT2D eigenvalue weighted by Gasteiger charge is -2.11. The number of methoxy groups -OCH3 is 3. The fraction of sp³-hybridized carbons (Fsp3) is 0.333. The number of phenols is 1. The van der Waals surface area contributed by atoms with Crippen molar-refractivity contribution in [2.45, 2.75) is 27.7 Å². The quantitative estimate of drug-likeness (QED) is 0.0734. The number of carbonyl (C=O) groups is 2. The van der Waals surface area contributed by atoms with Gasteiger partial charge in [0.1, 0.15) is 17.0 Å². The third kappa shape index (κ3) is 11.0. The van der Waals surface area contributed by atoms with Crippen LogP contribution in [0.1, 0.15) is 48.4 Å². The van der Waals surface area contributed by atoms with Gasteiger partial charge >= 0.3 is 11.9 Å². The fourth-order valence-corrected chi connectivity index (χ4v) is 4.17. The SMILES string of the molecule is CCOC(=O)c1cc(OC)c(OCC)cc1[N+](=O)[O-].CCOC(=O)c1ccc(O)c(OC)c1.CCOc1cc2ncnc(Cl)c2cc1OC. The van der Waals surface area contributed by atoms with Crippen LogP contribution in [0, 0.1) is 10.1 Å². The Bertz CT molecular complexity index is 1740. The van der Waals surface area contributed by atoms with Crippen LogP contribution in [0.25, 0.3) is 10.9 Å². The summed E-state index contributed by atoms with van der Waals surface area (Å²) in [6.45, 7) is 8.35. The van der Waals surface area contributed by atoms with Crippen LogP contribution in [0.3, 0.4) is 0 Å². The van der Waals surface area contributed by atoms with Gasteiger partial charge in [-0.05, 0) is 52.0 Å². The van der Waals surface area contributed by atoms with Crippen LogP contribution in [0.2, 0.25) is 5.15 Å². The zero-order valence-electron chi connectivity index (χ0n) is 28.1. The topological polar surface area (TPSA) is 188 Å². The molecule has 49 heavy (non-hydrogen) atoms. The van der Waals surface area contributed by atoms with Gasteiger partial charge in [0.15, 0.2) is 34.5 Å². The first kappa shape index (κ1) is 39.6. The smallest absolute Gasteiger partial charge is 0.345 e. The Morgan fingerprint density at radius 1 is 0.755 bits per heavy atom. The molecule has 15 nitrogen and oxygen atoms in total. The lowest BCUT2D eigenvalue weighted by Crippen LogP contribution is -2.09. The first-order valence-corrected chi connectivity index (χ1v) is 15.2. The number of halogens is 1. The molecule has 0 spiro atoms. The van der Waals surface area contributed by atoms with Crippen LogP contribution in [-0.2, 0) is 9.47 Å². The summed E-state index contributed by atoms with van der Waals surface area (Å²) in [6, 6.07) is 10.3. The number of ether oxygens (including phenoxy) is 7. The summed E-state index contributed by atoms with van der Waals surface area (Å²) < 4.78 is 35.4. The lowest BCUT2D eigenvalue weighted by molar-refractivity contribution is -0.385. The van der Waals surface area contributed by atoms with Gasteiger partial charge in [-0.2, -0.15) is 0 Å². The molecule has 4 aromatic rings. The number of nitro groups is 1. The number of nitro benzene ring substituents is 1. The maximum absolute atomic E-state index is 11.7. The van der Waals surface area contributed by atoms with Crippen molar-refractivity contribution in [3.05, 3.63) is 75.2 Å². The second kappa shape index (κ2) is 19.9. The van der Waals surface area contributed by atoms with E-state index in [2.05, 4.69) is 9.97 Å². The molecule has 3 aromatic carbocycles. The summed E-state index contributed by atoms with van der Waals surface area (Å²) in [6.07, 6.45) is 1.42. The first-order valence-electron chi connectivity index (χ1n) is 14.8. The maximum Gasteiger partial charge on any atom is 0.345 e. The minimum atomic E-state index is -0.768. The molecule has 1 heterocycles. The summed E-state index contributed by atoms with van der Waals surface area (Å²) >= 11 is 5.97. The van der Waals surface area contributed by atoms with Crippen LogP contribution in [0.5, 0.6) is 34.5 Å². The fourth-order valence-electron chi connectivity index (χ4n) is 3.98. The van der Waals surface area contributed by atoms with E-state index in [1.807, 2.05) is 6.92 Å². The van der Waals surface area contributed by atoms with E-state index in [0.29, 0.717) is 42.0 Å². The molecule has 16 heteroatoms. The largest absolute Gasteiger partial charge is 0.504 e. The van der Waals surface area contributed by atoms with Crippen molar-refractivity contribution in [1.82, 2.24) is 9.97 Å². The molecule has 0 fully saturated rings. The highest BCUT2D eigenvalue weighted by Gasteiger charge is 2.25. The summed E-state index contributed by atoms with van der Waals surface area (Å²) in [5.74, 6) is 0.816. The lowest BCUT2D eigenvalue weighted by atomic mass is 10.1. The molecule has 0 saturated heterocycles. The van der Waals surface area contributed by atoms with E-state index in [1.54, 1.807) is 40.0 Å². The Morgan fingerprint density at radius 2 is 1.33 bits per heavy atom. The second-order valence-electron chi connectivity index (χ2n) is 9.16. The van der Waals surface area contributed by atoms with Crippen LogP contribution in [-0.4, -0.2) is 79.7 Å². The molecule has 0 radical (unpaired) electrons. The second-order valence-corrected chi connectivity index (χ2v) is 9.51. The molecule has 0 atom stereocenters. The Morgan fingerprint density at radius 3 is 1.88 bits per heavy atom. The normalized spacial score (nSPS) is 9.96. The monoisotopic (exact) mass is 703 g/mol. The molecule has 1 aromatic heterocycles. The number of benzene rings is 3. The van der Waals surface area contributed by atoms with Gasteiger partial charge in [0, 0.05) is 17.5 Å². The van der Waals surface area contributed by atoms with Crippen molar-refractivity contribution in [3.8, 4) is 34.5 Å². The van der Waals surface area contributed by atoms with Gasteiger partial charge in [0.05, 0.1) is 69.8 Å². The van der Waals surface area contributed by atoms with E-state index in [-0.39, 0.29) is 40.9 Å². The number of phenolic OH excluding ortho intramolecular Hbond substituents is 1. The average Bonchev–Trinajstić information content (AvgIpc) is 3.09. The van der Waals surface area contributed by atoms with Crippen molar-refractivity contribution in [3.63, 3.8) is 0 Å². The predicted molar refractivity (Wildman–Crippen MR) is 180 cm³/mol. The van der Waals surface area contributed by atoms with Crippen molar-refractivity contribution >= 4 is 40.1 Å². The number of esters is 2. The van der Waals surface area contributed by atoms with E-state index in [4.69, 9.17) is 44.8 Å². The van der Waals surface area contributed by atoms with Crippen LogP contribution >= 0.6 is 11.6 Å². The van der Waals surface area contributed by atoms with E-state index >= 15 is 0 Å². The first-order chi connectivity index (χ1) is 23.5. The Kier molecular flexibility index (Phi) is 16.1.